The van der Waals surface area contributed by atoms with E-state index in [0.717, 1.165) is 18.9 Å². The SMILES string of the molecule is CC(C)(C)C1CC(CN)(c2cc(F)cc(F)c2)C1. The van der Waals surface area contributed by atoms with Crippen LogP contribution in [0.5, 0.6) is 0 Å². The van der Waals surface area contributed by atoms with Gasteiger partial charge in [0.1, 0.15) is 11.6 Å². The van der Waals surface area contributed by atoms with Crippen molar-refractivity contribution < 1.29 is 8.78 Å². The van der Waals surface area contributed by atoms with Gasteiger partial charge in [-0.3, -0.25) is 0 Å². The van der Waals surface area contributed by atoms with Crippen LogP contribution in [0.15, 0.2) is 18.2 Å². The second-order valence-corrected chi connectivity index (χ2v) is 6.61. The van der Waals surface area contributed by atoms with Gasteiger partial charge in [0.25, 0.3) is 0 Å². The molecule has 0 aromatic heterocycles. The molecule has 1 aliphatic carbocycles. The molecule has 0 heterocycles. The molecule has 2 rings (SSSR count). The first-order chi connectivity index (χ1) is 8.27. The highest BCUT2D eigenvalue weighted by Gasteiger charge is 2.48. The lowest BCUT2D eigenvalue weighted by atomic mass is 9.52. The summed E-state index contributed by atoms with van der Waals surface area (Å²) in [5.41, 5.74) is 6.56. The molecule has 3 heteroatoms. The number of rotatable bonds is 2. The average molecular weight is 253 g/mol. The van der Waals surface area contributed by atoms with Crippen molar-refractivity contribution in [2.24, 2.45) is 17.1 Å². The van der Waals surface area contributed by atoms with Crippen molar-refractivity contribution in [1.29, 1.82) is 0 Å². The third kappa shape index (κ3) is 2.28. The number of benzene rings is 1. The van der Waals surface area contributed by atoms with Crippen molar-refractivity contribution in [3.8, 4) is 0 Å². The van der Waals surface area contributed by atoms with Gasteiger partial charge in [-0.2, -0.15) is 0 Å². The molecule has 18 heavy (non-hydrogen) atoms. The van der Waals surface area contributed by atoms with Crippen LogP contribution < -0.4 is 5.73 Å². The third-order valence-electron chi connectivity index (χ3n) is 4.36. The second kappa shape index (κ2) is 4.30. The molecular formula is C15H21F2N. The predicted octanol–water partition coefficient (Wildman–Crippen LogP) is 3.62. The zero-order valence-corrected chi connectivity index (χ0v) is 11.3. The fraction of sp³-hybridized carbons (Fsp3) is 0.600. The summed E-state index contributed by atoms with van der Waals surface area (Å²) in [7, 11) is 0. The van der Waals surface area contributed by atoms with Gasteiger partial charge in [0.05, 0.1) is 0 Å². The highest BCUT2D eigenvalue weighted by molar-refractivity contribution is 5.31. The summed E-state index contributed by atoms with van der Waals surface area (Å²) in [5.74, 6) is -0.471. The fourth-order valence-corrected chi connectivity index (χ4v) is 2.88. The summed E-state index contributed by atoms with van der Waals surface area (Å²) in [6, 6.07) is 3.76. The van der Waals surface area contributed by atoms with Gasteiger partial charge in [0.2, 0.25) is 0 Å². The van der Waals surface area contributed by atoms with Crippen LogP contribution >= 0.6 is 0 Å². The maximum Gasteiger partial charge on any atom is 0.126 e. The van der Waals surface area contributed by atoms with E-state index in [4.69, 9.17) is 5.73 Å². The van der Waals surface area contributed by atoms with Gasteiger partial charge in [-0.15, -0.1) is 0 Å². The van der Waals surface area contributed by atoms with E-state index in [1.807, 2.05) is 0 Å². The van der Waals surface area contributed by atoms with E-state index < -0.39 is 11.6 Å². The molecule has 1 fully saturated rings. The zero-order chi connectivity index (χ0) is 13.6. The van der Waals surface area contributed by atoms with Crippen molar-refractivity contribution in [3.05, 3.63) is 35.4 Å². The Bertz CT molecular complexity index is 422. The fourth-order valence-electron chi connectivity index (χ4n) is 2.88. The van der Waals surface area contributed by atoms with Crippen LogP contribution in [0.1, 0.15) is 39.2 Å². The largest absolute Gasteiger partial charge is 0.330 e. The molecule has 100 valence electrons. The van der Waals surface area contributed by atoms with E-state index in [9.17, 15) is 8.78 Å². The average Bonchev–Trinajstić information content (AvgIpc) is 2.12. The number of halogens is 2. The van der Waals surface area contributed by atoms with E-state index in [0.29, 0.717) is 18.0 Å². The minimum Gasteiger partial charge on any atom is -0.330 e. The van der Waals surface area contributed by atoms with Crippen molar-refractivity contribution in [2.45, 2.75) is 39.0 Å². The van der Waals surface area contributed by atoms with Crippen molar-refractivity contribution in [2.75, 3.05) is 6.54 Å². The van der Waals surface area contributed by atoms with E-state index in [1.165, 1.54) is 12.1 Å². The molecule has 1 aromatic carbocycles. The van der Waals surface area contributed by atoms with Gasteiger partial charge < -0.3 is 5.73 Å². The molecule has 1 aromatic rings. The summed E-state index contributed by atoms with van der Waals surface area (Å²) in [5, 5.41) is 0. The quantitative estimate of drug-likeness (QED) is 0.856. The van der Waals surface area contributed by atoms with Gasteiger partial charge in [0, 0.05) is 18.0 Å². The Morgan fingerprint density at radius 2 is 1.67 bits per heavy atom. The Morgan fingerprint density at radius 1 is 1.17 bits per heavy atom. The maximum absolute atomic E-state index is 13.3. The van der Waals surface area contributed by atoms with E-state index >= 15 is 0 Å². The van der Waals surface area contributed by atoms with Crippen LogP contribution in [0, 0.1) is 23.0 Å². The molecule has 0 atom stereocenters. The van der Waals surface area contributed by atoms with Crippen LogP contribution in [0.4, 0.5) is 8.78 Å². The highest BCUT2D eigenvalue weighted by atomic mass is 19.1. The first-order valence-corrected chi connectivity index (χ1v) is 6.43. The Labute approximate surface area is 107 Å². The van der Waals surface area contributed by atoms with Gasteiger partial charge in [-0.25, -0.2) is 8.78 Å². The van der Waals surface area contributed by atoms with Crippen molar-refractivity contribution in [1.82, 2.24) is 0 Å². The molecule has 0 aliphatic heterocycles. The van der Waals surface area contributed by atoms with Gasteiger partial charge in [-0.05, 0) is 41.9 Å². The third-order valence-corrected chi connectivity index (χ3v) is 4.36. The molecule has 0 unspecified atom stereocenters. The highest BCUT2D eigenvalue weighted by Crippen LogP contribution is 2.53. The monoisotopic (exact) mass is 253 g/mol. The lowest BCUT2D eigenvalue weighted by Gasteiger charge is -2.53. The first-order valence-electron chi connectivity index (χ1n) is 6.43. The topological polar surface area (TPSA) is 26.0 Å². The predicted molar refractivity (Wildman–Crippen MR) is 69.3 cm³/mol. The molecular weight excluding hydrogens is 232 g/mol. The zero-order valence-electron chi connectivity index (χ0n) is 11.3. The van der Waals surface area contributed by atoms with Gasteiger partial charge >= 0.3 is 0 Å². The lowest BCUT2D eigenvalue weighted by Crippen LogP contribution is -2.51. The molecule has 0 spiro atoms. The number of hydrogen-bond acceptors (Lipinski definition) is 1. The normalized spacial score (nSPS) is 28.0. The summed E-state index contributed by atoms with van der Waals surface area (Å²) < 4.78 is 26.6. The van der Waals surface area contributed by atoms with Crippen molar-refractivity contribution >= 4 is 0 Å². The Hall–Kier alpha value is -0.960. The molecule has 2 N–H and O–H groups in total. The molecule has 1 aliphatic rings. The van der Waals surface area contributed by atoms with Crippen LogP contribution in [-0.4, -0.2) is 6.54 Å². The Balaban J connectivity index is 2.26. The minimum atomic E-state index is -0.517. The van der Waals surface area contributed by atoms with Gasteiger partial charge in [-0.1, -0.05) is 20.8 Å². The smallest absolute Gasteiger partial charge is 0.126 e. The molecule has 1 saturated carbocycles. The van der Waals surface area contributed by atoms with E-state index in [2.05, 4.69) is 20.8 Å². The minimum absolute atomic E-state index is 0.227. The summed E-state index contributed by atoms with van der Waals surface area (Å²) >= 11 is 0. The van der Waals surface area contributed by atoms with Crippen LogP contribution in [-0.2, 0) is 5.41 Å². The van der Waals surface area contributed by atoms with E-state index in [-0.39, 0.29) is 10.8 Å². The molecule has 1 nitrogen and oxygen atoms in total. The van der Waals surface area contributed by atoms with Crippen LogP contribution in [0.2, 0.25) is 0 Å². The Morgan fingerprint density at radius 3 is 2.06 bits per heavy atom. The summed E-state index contributed by atoms with van der Waals surface area (Å²) in [4.78, 5) is 0. The summed E-state index contributed by atoms with van der Waals surface area (Å²) in [6.07, 6.45) is 1.83. The summed E-state index contributed by atoms with van der Waals surface area (Å²) in [6.45, 7) is 7.04. The number of hydrogen-bond donors (Lipinski definition) is 1. The van der Waals surface area contributed by atoms with E-state index in [1.54, 1.807) is 0 Å². The Kier molecular flexibility index (Phi) is 3.22. The molecule has 0 bridgehead atoms. The standard InChI is InChI=1S/C15H21F2N/c1-14(2,3)11-7-15(8-11,9-18)10-4-12(16)6-13(17)5-10/h4-6,11H,7-9,18H2,1-3H3. The molecule has 0 amide bonds. The maximum atomic E-state index is 13.3. The molecule has 0 saturated heterocycles. The van der Waals surface area contributed by atoms with Gasteiger partial charge in [0.15, 0.2) is 0 Å². The second-order valence-electron chi connectivity index (χ2n) is 6.61. The number of nitrogens with two attached hydrogens (primary N) is 1. The van der Waals surface area contributed by atoms with Crippen molar-refractivity contribution in [3.63, 3.8) is 0 Å². The van der Waals surface area contributed by atoms with Crippen LogP contribution in [0.25, 0.3) is 0 Å². The molecule has 0 radical (unpaired) electrons. The van der Waals surface area contributed by atoms with Crippen LogP contribution in [0.3, 0.4) is 0 Å². The lowest BCUT2D eigenvalue weighted by molar-refractivity contribution is 0.0500. The first kappa shape index (κ1) is 13.5.